The number of ether oxygens (including phenoxy) is 1. The van der Waals surface area contributed by atoms with Crippen molar-refractivity contribution >= 4 is 33.2 Å². The van der Waals surface area contributed by atoms with Gasteiger partial charge in [-0.2, -0.15) is 0 Å². The summed E-state index contributed by atoms with van der Waals surface area (Å²) >= 11 is 3.39. The van der Waals surface area contributed by atoms with Crippen LogP contribution in [0.4, 0.5) is 15.8 Å². The van der Waals surface area contributed by atoms with Crippen molar-refractivity contribution in [1.82, 2.24) is 0 Å². The third-order valence-electron chi connectivity index (χ3n) is 2.79. The molecule has 110 valence electrons. The van der Waals surface area contributed by atoms with Crippen LogP contribution in [0, 0.1) is 12.7 Å². The first-order chi connectivity index (χ1) is 9.95. The number of anilines is 2. The predicted molar refractivity (Wildman–Crippen MR) is 83.8 cm³/mol. The fourth-order valence-electron chi connectivity index (χ4n) is 1.69. The molecule has 0 unspecified atom stereocenters. The third kappa shape index (κ3) is 4.19. The molecule has 0 fully saturated rings. The van der Waals surface area contributed by atoms with E-state index in [0.717, 1.165) is 16.1 Å². The lowest BCUT2D eigenvalue weighted by Gasteiger charge is -2.10. The van der Waals surface area contributed by atoms with Crippen molar-refractivity contribution in [3.63, 3.8) is 0 Å². The van der Waals surface area contributed by atoms with E-state index < -0.39 is 5.82 Å². The van der Waals surface area contributed by atoms with Gasteiger partial charge in [-0.15, -0.1) is 0 Å². The molecule has 0 aliphatic carbocycles. The van der Waals surface area contributed by atoms with Crippen LogP contribution < -0.4 is 15.8 Å². The minimum absolute atomic E-state index is 0.155. The van der Waals surface area contributed by atoms with E-state index in [9.17, 15) is 9.18 Å². The van der Waals surface area contributed by atoms with E-state index >= 15 is 0 Å². The highest BCUT2D eigenvalue weighted by Crippen LogP contribution is 2.22. The van der Waals surface area contributed by atoms with Crippen LogP contribution in [0.1, 0.15) is 5.56 Å². The van der Waals surface area contributed by atoms with Gasteiger partial charge in [0.05, 0.1) is 11.4 Å². The van der Waals surface area contributed by atoms with E-state index in [2.05, 4.69) is 21.2 Å². The number of hydrogen-bond acceptors (Lipinski definition) is 3. The van der Waals surface area contributed by atoms with Gasteiger partial charge in [-0.25, -0.2) is 4.39 Å². The van der Waals surface area contributed by atoms with E-state index in [1.165, 1.54) is 12.1 Å². The number of carbonyl (C=O) groups is 1. The summed E-state index contributed by atoms with van der Waals surface area (Å²) in [5.74, 6) is -0.223. The fourth-order valence-corrected chi connectivity index (χ4v) is 1.94. The molecule has 1 amide bonds. The Labute approximate surface area is 130 Å². The molecule has 0 aromatic heterocycles. The van der Waals surface area contributed by atoms with Crippen molar-refractivity contribution in [2.45, 2.75) is 6.92 Å². The molecule has 2 aromatic carbocycles. The first kappa shape index (κ1) is 15.3. The number of halogens is 2. The zero-order valence-electron chi connectivity index (χ0n) is 11.3. The molecule has 4 nitrogen and oxygen atoms in total. The second-order valence-electron chi connectivity index (χ2n) is 4.48. The SMILES string of the molecule is Cc1cc(OCC(=O)Nc2ccc(F)cc2N)ccc1Br. The van der Waals surface area contributed by atoms with Crippen molar-refractivity contribution in [1.29, 1.82) is 0 Å². The molecule has 0 heterocycles. The van der Waals surface area contributed by atoms with Crippen LogP contribution in [-0.4, -0.2) is 12.5 Å². The van der Waals surface area contributed by atoms with Gasteiger partial charge in [0.15, 0.2) is 6.61 Å². The molecular weight excluding hydrogens is 339 g/mol. The summed E-state index contributed by atoms with van der Waals surface area (Å²) < 4.78 is 19.3. The summed E-state index contributed by atoms with van der Waals surface area (Å²) in [6.45, 7) is 1.77. The molecule has 21 heavy (non-hydrogen) atoms. The van der Waals surface area contributed by atoms with Crippen LogP contribution in [0.2, 0.25) is 0 Å². The lowest BCUT2D eigenvalue weighted by atomic mass is 10.2. The van der Waals surface area contributed by atoms with Crippen molar-refractivity contribution < 1.29 is 13.9 Å². The summed E-state index contributed by atoms with van der Waals surface area (Å²) in [4.78, 5) is 11.8. The maximum atomic E-state index is 12.9. The minimum Gasteiger partial charge on any atom is -0.484 e. The summed E-state index contributed by atoms with van der Waals surface area (Å²) in [7, 11) is 0. The monoisotopic (exact) mass is 352 g/mol. The van der Waals surface area contributed by atoms with Crippen molar-refractivity contribution in [3.05, 3.63) is 52.3 Å². The van der Waals surface area contributed by atoms with Crippen LogP contribution in [0.5, 0.6) is 5.75 Å². The highest BCUT2D eigenvalue weighted by atomic mass is 79.9. The van der Waals surface area contributed by atoms with Crippen LogP contribution in [0.3, 0.4) is 0 Å². The summed E-state index contributed by atoms with van der Waals surface area (Å²) in [5, 5.41) is 2.57. The van der Waals surface area contributed by atoms with Gasteiger partial charge in [0.2, 0.25) is 0 Å². The molecule has 0 aliphatic heterocycles. The molecule has 0 saturated carbocycles. The second kappa shape index (κ2) is 6.58. The van der Waals surface area contributed by atoms with Gasteiger partial charge in [0.1, 0.15) is 11.6 Å². The molecule has 3 N–H and O–H groups in total. The van der Waals surface area contributed by atoms with Crippen LogP contribution in [-0.2, 0) is 4.79 Å². The van der Waals surface area contributed by atoms with E-state index in [1.54, 1.807) is 6.07 Å². The first-order valence-electron chi connectivity index (χ1n) is 6.19. The molecule has 2 rings (SSSR count). The predicted octanol–water partition coefficient (Wildman–Crippen LogP) is 3.50. The Morgan fingerprint density at radius 3 is 2.76 bits per heavy atom. The molecule has 0 radical (unpaired) electrons. The first-order valence-corrected chi connectivity index (χ1v) is 6.99. The molecule has 0 aliphatic rings. The molecule has 2 aromatic rings. The number of aryl methyl sites for hydroxylation is 1. The topological polar surface area (TPSA) is 64.3 Å². The molecule has 0 atom stereocenters. The van der Waals surface area contributed by atoms with Gasteiger partial charge < -0.3 is 15.8 Å². The normalized spacial score (nSPS) is 10.2. The van der Waals surface area contributed by atoms with Crippen LogP contribution in [0.15, 0.2) is 40.9 Å². The molecular formula is C15H14BrFN2O2. The van der Waals surface area contributed by atoms with E-state index in [0.29, 0.717) is 11.4 Å². The van der Waals surface area contributed by atoms with E-state index in [4.69, 9.17) is 10.5 Å². The second-order valence-corrected chi connectivity index (χ2v) is 5.33. The van der Waals surface area contributed by atoms with Gasteiger partial charge in [-0.05, 0) is 48.9 Å². The van der Waals surface area contributed by atoms with Crippen LogP contribution >= 0.6 is 15.9 Å². The Kier molecular flexibility index (Phi) is 4.80. The van der Waals surface area contributed by atoms with E-state index in [1.807, 2.05) is 19.1 Å². The van der Waals surface area contributed by atoms with Gasteiger partial charge in [-0.1, -0.05) is 15.9 Å². The van der Waals surface area contributed by atoms with Crippen molar-refractivity contribution in [3.8, 4) is 5.75 Å². The van der Waals surface area contributed by atoms with Gasteiger partial charge in [0, 0.05) is 4.47 Å². The number of nitrogens with one attached hydrogen (secondary N) is 1. The van der Waals surface area contributed by atoms with Crippen LogP contribution in [0.25, 0.3) is 0 Å². The molecule has 0 bridgehead atoms. The Balaban J connectivity index is 1.94. The minimum atomic E-state index is -0.452. The lowest BCUT2D eigenvalue weighted by Crippen LogP contribution is -2.20. The average Bonchev–Trinajstić information content (AvgIpc) is 2.43. The molecule has 6 heteroatoms. The fraction of sp³-hybridized carbons (Fsp3) is 0.133. The quantitative estimate of drug-likeness (QED) is 0.827. The third-order valence-corrected chi connectivity index (χ3v) is 3.68. The number of hydrogen-bond donors (Lipinski definition) is 2. The largest absolute Gasteiger partial charge is 0.484 e. The molecule has 0 spiro atoms. The van der Waals surface area contributed by atoms with Gasteiger partial charge in [-0.3, -0.25) is 4.79 Å². The van der Waals surface area contributed by atoms with E-state index in [-0.39, 0.29) is 18.2 Å². The average molecular weight is 353 g/mol. The maximum absolute atomic E-state index is 12.9. The standard InChI is InChI=1S/C15H14BrFN2O2/c1-9-6-11(3-4-12(9)16)21-8-15(20)19-14-5-2-10(17)7-13(14)18/h2-7H,8,18H2,1H3,(H,19,20). The summed E-state index contributed by atoms with van der Waals surface area (Å²) in [6, 6.07) is 9.21. The lowest BCUT2D eigenvalue weighted by molar-refractivity contribution is -0.118. The number of nitrogens with two attached hydrogens (primary N) is 1. The smallest absolute Gasteiger partial charge is 0.262 e. The highest BCUT2D eigenvalue weighted by Gasteiger charge is 2.07. The van der Waals surface area contributed by atoms with Crippen molar-refractivity contribution in [2.75, 3.05) is 17.7 Å². The summed E-state index contributed by atoms with van der Waals surface area (Å²) in [5.41, 5.74) is 7.15. The highest BCUT2D eigenvalue weighted by molar-refractivity contribution is 9.10. The maximum Gasteiger partial charge on any atom is 0.262 e. The summed E-state index contributed by atoms with van der Waals surface area (Å²) in [6.07, 6.45) is 0. The zero-order valence-corrected chi connectivity index (χ0v) is 12.9. The van der Waals surface area contributed by atoms with Gasteiger partial charge >= 0.3 is 0 Å². The number of rotatable bonds is 4. The van der Waals surface area contributed by atoms with Gasteiger partial charge in [0.25, 0.3) is 5.91 Å². The Hall–Kier alpha value is -2.08. The van der Waals surface area contributed by atoms with Crippen molar-refractivity contribution in [2.24, 2.45) is 0 Å². The Morgan fingerprint density at radius 2 is 2.10 bits per heavy atom. The Bertz CT molecular complexity index is 677. The zero-order chi connectivity index (χ0) is 15.4. The number of carbonyl (C=O) groups excluding carboxylic acids is 1. The Morgan fingerprint density at radius 1 is 1.33 bits per heavy atom. The molecule has 0 saturated heterocycles. The number of amides is 1. The number of nitrogen functional groups attached to an aromatic ring is 1. The number of benzene rings is 2.